The highest BCUT2D eigenvalue weighted by Crippen LogP contribution is 2.45. The van der Waals surface area contributed by atoms with Crippen molar-refractivity contribution in [2.45, 2.75) is 58.3 Å². The zero-order valence-corrected chi connectivity index (χ0v) is 19.8. The molecule has 0 bridgehead atoms. The van der Waals surface area contributed by atoms with E-state index in [1.54, 1.807) is 16.7 Å². The molecule has 1 aliphatic heterocycles. The number of anilines is 1. The summed E-state index contributed by atoms with van der Waals surface area (Å²) in [6.07, 6.45) is 1.90. The van der Waals surface area contributed by atoms with E-state index in [1.807, 2.05) is 57.2 Å². The van der Waals surface area contributed by atoms with E-state index in [4.69, 9.17) is 9.72 Å². The molecule has 2 heterocycles. The summed E-state index contributed by atoms with van der Waals surface area (Å²) in [6.45, 7) is 8.08. The van der Waals surface area contributed by atoms with Gasteiger partial charge in [0.25, 0.3) is 0 Å². The number of carbonyl (C=O) groups is 1. The maximum Gasteiger partial charge on any atom is 0.247 e. The van der Waals surface area contributed by atoms with E-state index < -0.39 is 6.23 Å². The van der Waals surface area contributed by atoms with Gasteiger partial charge in [0.2, 0.25) is 23.2 Å². The molecule has 1 amide bonds. The molecule has 0 spiro atoms. The van der Waals surface area contributed by atoms with Gasteiger partial charge >= 0.3 is 0 Å². The van der Waals surface area contributed by atoms with Crippen LogP contribution in [0.4, 0.5) is 5.69 Å². The smallest absolute Gasteiger partial charge is 0.247 e. The van der Waals surface area contributed by atoms with Gasteiger partial charge in [-0.15, -0.1) is 10.2 Å². The number of aromatic nitrogens is 3. The van der Waals surface area contributed by atoms with Crippen LogP contribution in [0.3, 0.4) is 0 Å². The summed E-state index contributed by atoms with van der Waals surface area (Å²) in [5.74, 6) is 1.31. The third-order valence-corrected chi connectivity index (χ3v) is 6.34. The number of amides is 1. The summed E-state index contributed by atoms with van der Waals surface area (Å²) in [5, 5.41) is 9.49. The van der Waals surface area contributed by atoms with E-state index in [2.05, 4.69) is 23.2 Å². The molecule has 2 aromatic carbocycles. The molecule has 0 N–H and O–H groups in total. The van der Waals surface area contributed by atoms with Crippen LogP contribution in [0.2, 0.25) is 0 Å². The maximum absolute atomic E-state index is 13.3. The molecular weight excluding hydrogens is 420 g/mol. The van der Waals surface area contributed by atoms with Crippen molar-refractivity contribution in [2.24, 2.45) is 0 Å². The minimum Gasteiger partial charge on any atom is -0.447 e. The predicted molar refractivity (Wildman–Crippen MR) is 128 cm³/mol. The molecule has 32 heavy (non-hydrogen) atoms. The van der Waals surface area contributed by atoms with Gasteiger partial charge in [-0.25, -0.2) is 0 Å². The molecule has 6 nitrogen and oxygen atoms in total. The Labute approximate surface area is 193 Å². The number of hydrogen-bond donors (Lipinski definition) is 0. The molecule has 1 atom stereocenters. The molecule has 4 rings (SSSR count). The number of aryl methyl sites for hydroxylation is 2. The second kappa shape index (κ2) is 9.69. The number of ether oxygens (including phenoxy) is 1. The highest BCUT2D eigenvalue weighted by molar-refractivity contribution is 7.99. The summed E-state index contributed by atoms with van der Waals surface area (Å²) in [4.78, 5) is 19.8. The Morgan fingerprint density at radius 3 is 2.62 bits per heavy atom. The lowest BCUT2D eigenvalue weighted by atomic mass is 10.00. The van der Waals surface area contributed by atoms with Crippen molar-refractivity contribution in [3.63, 3.8) is 0 Å². The fourth-order valence-electron chi connectivity index (χ4n) is 3.91. The topological polar surface area (TPSA) is 68.2 Å². The lowest BCUT2D eigenvalue weighted by Gasteiger charge is -2.31. The minimum atomic E-state index is -0.643. The summed E-state index contributed by atoms with van der Waals surface area (Å²) >= 11 is 1.58. The molecule has 0 saturated carbocycles. The van der Waals surface area contributed by atoms with Crippen molar-refractivity contribution in [3.8, 4) is 17.1 Å². The Morgan fingerprint density at radius 2 is 1.91 bits per heavy atom. The van der Waals surface area contributed by atoms with E-state index >= 15 is 0 Å². The Bertz CT molecular complexity index is 1120. The van der Waals surface area contributed by atoms with Crippen molar-refractivity contribution in [1.82, 2.24) is 15.2 Å². The Hall–Kier alpha value is -2.93. The molecule has 0 radical (unpaired) electrons. The molecule has 166 valence electrons. The fraction of sp³-hybridized carbons (Fsp3) is 0.360. The molecule has 1 aliphatic rings. The molecule has 0 fully saturated rings. The number of carbonyl (C=O) groups excluding carboxylic acids is 1. The van der Waals surface area contributed by atoms with Crippen LogP contribution in [0.1, 0.15) is 56.0 Å². The van der Waals surface area contributed by atoms with Crippen LogP contribution in [0.15, 0.2) is 47.6 Å². The first kappa shape index (κ1) is 22.3. The molecular formula is C25H28N4O2S. The zero-order chi connectivity index (χ0) is 22.7. The fourth-order valence-corrected chi connectivity index (χ4v) is 4.78. The predicted octanol–water partition coefficient (Wildman–Crippen LogP) is 5.88. The average Bonchev–Trinajstić information content (AvgIpc) is 2.94. The monoisotopic (exact) mass is 448 g/mol. The second-order valence-electron chi connectivity index (χ2n) is 7.93. The van der Waals surface area contributed by atoms with E-state index in [9.17, 15) is 4.79 Å². The number of fused-ring (bicyclic) bond motifs is 3. The van der Waals surface area contributed by atoms with Gasteiger partial charge in [-0.3, -0.25) is 9.69 Å². The molecule has 0 saturated heterocycles. The van der Waals surface area contributed by atoms with Crippen molar-refractivity contribution < 1.29 is 9.53 Å². The van der Waals surface area contributed by atoms with Gasteiger partial charge in [0, 0.05) is 23.3 Å². The highest BCUT2D eigenvalue weighted by Gasteiger charge is 2.36. The molecule has 0 unspecified atom stereocenters. The van der Waals surface area contributed by atoms with Crippen LogP contribution in [0.25, 0.3) is 11.3 Å². The number of benzene rings is 2. The largest absolute Gasteiger partial charge is 0.447 e. The average molecular weight is 449 g/mol. The second-order valence-corrected chi connectivity index (χ2v) is 8.99. The van der Waals surface area contributed by atoms with Crippen molar-refractivity contribution in [1.29, 1.82) is 0 Å². The van der Waals surface area contributed by atoms with Crippen LogP contribution in [-0.4, -0.2) is 26.8 Å². The standard InChI is InChI=1S/C25H28N4O2S/c1-5-7-13-32-25-26-23-21(27-28-25)19-15-16(3)14-17(4)22(19)29(20(30)6-2)24(31-23)18-11-9-8-10-12-18/h8-12,14-15,24H,5-7,13H2,1-4H3/t24-/m1/s1. The van der Waals surface area contributed by atoms with Crippen LogP contribution < -0.4 is 9.64 Å². The van der Waals surface area contributed by atoms with Crippen molar-refractivity contribution >= 4 is 23.4 Å². The summed E-state index contributed by atoms with van der Waals surface area (Å²) in [5.41, 5.74) is 5.14. The quantitative estimate of drug-likeness (QED) is 0.346. The van der Waals surface area contributed by atoms with Crippen LogP contribution in [-0.2, 0) is 4.79 Å². The van der Waals surface area contributed by atoms with Crippen molar-refractivity contribution in [2.75, 3.05) is 10.7 Å². The van der Waals surface area contributed by atoms with Gasteiger partial charge < -0.3 is 4.74 Å². The van der Waals surface area contributed by atoms with Gasteiger partial charge in [-0.2, -0.15) is 4.98 Å². The van der Waals surface area contributed by atoms with E-state index in [0.717, 1.165) is 46.5 Å². The normalized spacial score (nSPS) is 14.9. The summed E-state index contributed by atoms with van der Waals surface area (Å²) in [6, 6.07) is 13.9. The van der Waals surface area contributed by atoms with Crippen LogP contribution >= 0.6 is 11.8 Å². The van der Waals surface area contributed by atoms with E-state index in [-0.39, 0.29) is 5.91 Å². The molecule has 0 aliphatic carbocycles. The molecule has 1 aromatic heterocycles. The minimum absolute atomic E-state index is 0.0228. The van der Waals surface area contributed by atoms with Crippen LogP contribution in [0, 0.1) is 13.8 Å². The first-order valence-electron chi connectivity index (χ1n) is 11.1. The Kier molecular flexibility index (Phi) is 6.74. The maximum atomic E-state index is 13.3. The van der Waals surface area contributed by atoms with E-state index in [0.29, 0.717) is 23.2 Å². The Morgan fingerprint density at radius 1 is 1.12 bits per heavy atom. The SMILES string of the molecule is CCCCSc1nnc2c(n1)O[C@H](c1ccccc1)N(C(=O)CC)c1c(C)cc(C)cc1-2. The zero-order valence-electron chi connectivity index (χ0n) is 19.0. The lowest BCUT2D eigenvalue weighted by molar-refractivity contribution is -0.120. The molecule has 3 aromatic rings. The Balaban J connectivity index is 1.93. The summed E-state index contributed by atoms with van der Waals surface area (Å²) in [7, 11) is 0. The van der Waals surface area contributed by atoms with Gasteiger partial charge in [-0.1, -0.05) is 74.0 Å². The lowest BCUT2D eigenvalue weighted by Crippen LogP contribution is -2.37. The highest BCUT2D eigenvalue weighted by atomic mass is 32.2. The number of hydrogen-bond acceptors (Lipinski definition) is 6. The third kappa shape index (κ3) is 4.35. The van der Waals surface area contributed by atoms with Gasteiger partial charge in [0.15, 0.2) is 5.69 Å². The van der Waals surface area contributed by atoms with Gasteiger partial charge in [-0.05, 0) is 31.9 Å². The third-order valence-electron chi connectivity index (χ3n) is 5.42. The molecule has 7 heteroatoms. The first-order chi connectivity index (χ1) is 15.5. The number of thioether (sulfide) groups is 1. The van der Waals surface area contributed by atoms with Gasteiger partial charge in [0.05, 0.1) is 5.69 Å². The van der Waals surface area contributed by atoms with E-state index in [1.165, 1.54) is 0 Å². The van der Waals surface area contributed by atoms with Crippen molar-refractivity contribution in [3.05, 3.63) is 59.2 Å². The number of nitrogens with zero attached hydrogens (tertiary/aromatic N) is 4. The number of rotatable bonds is 6. The summed E-state index contributed by atoms with van der Waals surface area (Å²) < 4.78 is 6.48. The number of unbranched alkanes of at least 4 members (excludes halogenated alkanes) is 1. The first-order valence-corrected chi connectivity index (χ1v) is 12.0. The van der Waals surface area contributed by atoms with Crippen LogP contribution in [0.5, 0.6) is 5.88 Å². The van der Waals surface area contributed by atoms with Gasteiger partial charge in [0.1, 0.15) is 0 Å².